The van der Waals surface area contributed by atoms with Gasteiger partial charge in [0, 0.05) is 18.3 Å². The second kappa shape index (κ2) is 5.21. The number of ether oxygens (including phenoxy) is 1. The van der Waals surface area contributed by atoms with Gasteiger partial charge in [-0.15, -0.1) is 0 Å². The summed E-state index contributed by atoms with van der Waals surface area (Å²) in [6, 6.07) is 11.2. The molecule has 0 atom stereocenters. The van der Waals surface area contributed by atoms with E-state index in [0.29, 0.717) is 24.2 Å². The van der Waals surface area contributed by atoms with Crippen LogP contribution in [0.15, 0.2) is 47.4 Å². The Morgan fingerprint density at radius 1 is 1.25 bits per heavy atom. The van der Waals surface area contributed by atoms with Gasteiger partial charge in [-0.2, -0.15) is 0 Å². The second-order valence-corrected chi connectivity index (χ2v) is 4.61. The Bertz CT molecular complexity index is 679. The van der Waals surface area contributed by atoms with E-state index in [0.717, 1.165) is 5.56 Å². The number of anilines is 1. The highest BCUT2D eigenvalue weighted by Crippen LogP contribution is 2.25. The molecule has 0 aliphatic carbocycles. The zero-order chi connectivity index (χ0) is 13.9. The molecule has 0 saturated heterocycles. The standard InChI is InChI=1S/C15H14N2O3/c18-14-12-7-9-17(13(12)6-8-16-14)15(19)20-10-11-4-2-1-3-5-11/h1-6,8H,7,9-10H2,(H,16,18). The van der Waals surface area contributed by atoms with Crippen molar-refractivity contribution >= 4 is 11.8 Å². The summed E-state index contributed by atoms with van der Waals surface area (Å²) in [7, 11) is 0. The fourth-order valence-corrected chi connectivity index (χ4v) is 2.33. The molecule has 0 bridgehead atoms. The molecular weight excluding hydrogens is 256 g/mol. The number of hydrogen-bond acceptors (Lipinski definition) is 3. The SMILES string of the molecule is O=C(OCc1ccccc1)N1CCc2c1cc[nH]c2=O. The molecule has 5 nitrogen and oxygen atoms in total. The summed E-state index contributed by atoms with van der Waals surface area (Å²) in [6.45, 7) is 0.713. The van der Waals surface area contributed by atoms with E-state index in [1.165, 1.54) is 4.90 Å². The van der Waals surface area contributed by atoms with Crippen LogP contribution in [0.5, 0.6) is 0 Å². The number of nitrogens with zero attached hydrogens (tertiary/aromatic N) is 1. The summed E-state index contributed by atoms with van der Waals surface area (Å²) in [6.07, 6.45) is 1.69. The van der Waals surface area contributed by atoms with E-state index in [-0.39, 0.29) is 12.2 Å². The average molecular weight is 270 g/mol. The Hall–Kier alpha value is -2.56. The lowest BCUT2D eigenvalue weighted by molar-refractivity contribution is 0.147. The quantitative estimate of drug-likeness (QED) is 0.908. The third-order valence-electron chi connectivity index (χ3n) is 3.34. The summed E-state index contributed by atoms with van der Waals surface area (Å²) < 4.78 is 5.28. The van der Waals surface area contributed by atoms with Gasteiger partial charge in [0.2, 0.25) is 0 Å². The first-order chi connectivity index (χ1) is 9.75. The lowest BCUT2D eigenvalue weighted by atomic mass is 10.2. The maximum absolute atomic E-state index is 12.1. The molecule has 1 N–H and O–H groups in total. The van der Waals surface area contributed by atoms with Gasteiger partial charge < -0.3 is 9.72 Å². The van der Waals surface area contributed by atoms with Gasteiger partial charge in [0.05, 0.1) is 5.69 Å². The van der Waals surface area contributed by atoms with E-state index in [1.54, 1.807) is 12.3 Å². The highest BCUT2D eigenvalue weighted by Gasteiger charge is 2.27. The van der Waals surface area contributed by atoms with Gasteiger partial charge in [-0.25, -0.2) is 4.79 Å². The Labute approximate surface area is 115 Å². The number of carbonyl (C=O) groups is 1. The number of aromatic amines is 1. The third kappa shape index (κ3) is 2.30. The molecule has 1 aliphatic heterocycles. The number of aromatic nitrogens is 1. The second-order valence-electron chi connectivity index (χ2n) is 4.61. The van der Waals surface area contributed by atoms with Gasteiger partial charge in [-0.1, -0.05) is 30.3 Å². The summed E-state index contributed by atoms with van der Waals surface area (Å²) in [5.74, 6) is 0. The van der Waals surface area contributed by atoms with Gasteiger partial charge in [0.1, 0.15) is 6.61 Å². The van der Waals surface area contributed by atoms with Crippen molar-refractivity contribution in [2.45, 2.75) is 13.0 Å². The van der Waals surface area contributed by atoms with Crippen LogP contribution >= 0.6 is 0 Å². The number of rotatable bonds is 2. The van der Waals surface area contributed by atoms with Crippen molar-refractivity contribution < 1.29 is 9.53 Å². The largest absolute Gasteiger partial charge is 0.444 e. The van der Waals surface area contributed by atoms with Gasteiger partial charge in [-0.05, 0) is 18.1 Å². The summed E-state index contributed by atoms with van der Waals surface area (Å²) in [4.78, 5) is 27.8. The summed E-state index contributed by atoms with van der Waals surface area (Å²) in [5, 5.41) is 0. The lowest BCUT2D eigenvalue weighted by Gasteiger charge is -2.16. The van der Waals surface area contributed by atoms with Gasteiger partial charge >= 0.3 is 6.09 Å². The van der Waals surface area contributed by atoms with E-state index in [1.807, 2.05) is 30.3 Å². The fourth-order valence-electron chi connectivity index (χ4n) is 2.33. The molecular formula is C15H14N2O3. The number of benzene rings is 1. The number of carbonyl (C=O) groups excluding carboxylic acids is 1. The molecule has 1 amide bonds. The van der Waals surface area contributed by atoms with Gasteiger partial charge in [0.25, 0.3) is 5.56 Å². The molecule has 2 aromatic rings. The summed E-state index contributed by atoms with van der Waals surface area (Å²) in [5.41, 5.74) is 2.09. The molecule has 0 radical (unpaired) electrons. The molecule has 0 unspecified atom stereocenters. The molecule has 3 rings (SSSR count). The first-order valence-electron chi connectivity index (χ1n) is 6.44. The van der Waals surface area contributed by atoms with Crippen LogP contribution in [0.25, 0.3) is 0 Å². The number of hydrogen-bond donors (Lipinski definition) is 1. The van der Waals surface area contributed by atoms with Crippen LogP contribution in [0.2, 0.25) is 0 Å². The number of fused-ring (bicyclic) bond motifs is 1. The third-order valence-corrected chi connectivity index (χ3v) is 3.34. The molecule has 102 valence electrons. The minimum atomic E-state index is -0.418. The van der Waals surface area contributed by atoms with Gasteiger partial charge in [-0.3, -0.25) is 9.69 Å². The molecule has 1 aliphatic rings. The zero-order valence-electron chi connectivity index (χ0n) is 10.8. The van der Waals surface area contributed by atoms with Crippen LogP contribution in [0.4, 0.5) is 10.5 Å². The van der Waals surface area contributed by atoms with Crippen LogP contribution in [0.3, 0.4) is 0 Å². The van der Waals surface area contributed by atoms with Crippen molar-refractivity contribution in [1.29, 1.82) is 0 Å². The Balaban J connectivity index is 1.71. The van der Waals surface area contributed by atoms with E-state index in [4.69, 9.17) is 4.74 Å². The highest BCUT2D eigenvalue weighted by atomic mass is 16.6. The highest BCUT2D eigenvalue weighted by molar-refractivity contribution is 5.90. The summed E-state index contributed by atoms with van der Waals surface area (Å²) >= 11 is 0. The first kappa shape index (κ1) is 12.5. The van der Waals surface area contributed by atoms with Crippen LogP contribution in [0.1, 0.15) is 11.1 Å². The maximum Gasteiger partial charge on any atom is 0.414 e. The number of nitrogens with one attached hydrogen (secondary N) is 1. The molecule has 1 aromatic heterocycles. The normalized spacial score (nSPS) is 13.1. The van der Waals surface area contributed by atoms with Crippen molar-refractivity contribution in [2.24, 2.45) is 0 Å². The van der Waals surface area contributed by atoms with Crippen molar-refractivity contribution in [3.8, 4) is 0 Å². The van der Waals surface area contributed by atoms with Crippen molar-refractivity contribution in [3.05, 3.63) is 64.1 Å². The Morgan fingerprint density at radius 2 is 2.05 bits per heavy atom. The monoisotopic (exact) mass is 270 g/mol. The van der Waals surface area contributed by atoms with Crippen molar-refractivity contribution in [3.63, 3.8) is 0 Å². The molecule has 20 heavy (non-hydrogen) atoms. The number of amides is 1. The van der Waals surface area contributed by atoms with Crippen LogP contribution in [-0.2, 0) is 17.8 Å². The number of H-pyrrole nitrogens is 1. The van der Waals surface area contributed by atoms with E-state index in [9.17, 15) is 9.59 Å². The molecule has 0 spiro atoms. The van der Waals surface area contributed by atoms with E-state index < -0.39 is 6.09 Å². The molecule has 2 heterocycles. The van der Waals surface area contributed by atoms with E-state index in [2.05, 4.69) is 4.98 Å². The Kier molecular flexibility index (Phi) is 3.25. The van der Waals surface area contributed by atoms with Crippen LogP contribution in [0, 0.1) is 0 Å². The molecule has 0 fully saturated rings. The van der Waals surface area contributed by atoms with E-state index >= 15 is 0 Å². The minimum Gasteiger partial charge on any atom is -0.444 e. The predicted molar refractivity (Wildman–Crippen MR) is 74.7 cm³/mol. The topological polar surface area (TPSA) is 62.4 Å². The Morgan fingerprint density at radius 3 is 2.85 bits per heavy atom. The van der Waals surface area contributed by atoms with Crippen LogP contribution in [-0.4, -0.2) is 17.6 Å². The van der Waals surface area contributed by atoms with Gasteiger partial charge in [0.15, 0.2) is 0 Å². The minimum absolute atomic E-state index is 0.138. The lowest BCUT2D eigenvalue weighted by Crippen LogP contribution is -2.29. The zero-order valence-corrected chi connectivity index (χ0v) is 10.8. The first-order valence-corrected chi connectivity index (χ1v) is 6.44. The number of pyridine rings is 1. The van der Waals surface area contributed by atoms with Crippen molar-refractivity contribution in [1.82, 2.24) is 4.98 Å². The fraction of sp³-hybridized carbons (Fsp3) is 0.200. The predicted octanol–water partition coefficient (Wildman–Crippen LogP) is 2.07. The van der Waals surface area contributed by atoms with Crippen molar-refractivity contribution in [2.75, 3.05) is 11.4 Å². The smallest absolute Gasteiger partial charge is 0.414 e. The molecule has 1 aromatic carbocycles. The maximum atomic E-state index is 12.1. The molecule has 5 heteroatoms. The average Bonchev–Trinajstić information content (AvgIpc) is 2.91. The molecule has 0 saturated carbocycles. The van der Waals surface area contributed by atoms with Crippen LogP contribution < -0.4 is 10.5 Å².